The van der Waals surface area contributed by atoms with Crippen LogP contribution in [0.3, 0.4) is 0 Å². The number of fused-ring (bicyclic) bond motifs is 4. The molecule has 0 spiro atoms. The molecule has 8 aromatic carbocycles. The number of aliphatic hydroxyl groups is 1. The van der Waals surface area contributed by atoms with Crippen molar-refractivity contribution in [2.24, 2.45) is 0 Å². The predicted octanol–water partition coefficient (Wildman–Crippen LogP) is 16.8. The van der Waals surface area contributed by atoms with E-state index in [4.69, 9.17) is 23.2 Å². The topological polar surface area (TPSA) is 204 Å². The third kappa shape index (κ3) is 15.5. The first-order valence-corrected chi connectivity index (χ1v) is 37.5. The molecule has 4 aromatic heterocycles. The van der Waals surface area contributed by atoms with Gasteiger partial charge in [-0.2, -0.15) is 0 Å². The van der Waals surface area contributed by atoms with Crippen molar-refractivity contribution in [3.63, 3.8) is 0 Å². The van der Waals surface area contributed by atoms with Gasteiger partial charge in [-0.1, -0.05) is 191 Å². The van der Waals surface area contributed by atoms with Crippen molar-refractivity contribution in [1.82, 2.24) is 41.0 Å². The third-order valence-corrected chi connectivity index (χ3v) is 24.3. The highest BCUT2D eigenvalue weighted by Gasteiger charge is 2.51. The smallest absolute Gasteiger partial charge is 0.318 e. The summed E-state index contributed by atoms with van der Waals surface area (Å²) in [5.41, 5.74) is 10.1. The second kappa shape index (κ2) is 31.3. The van der Waals surface area contributed by atoms with Crippen molar-refractivity contribution in [1.29, 1.82) is 0 Å². The largest absolute Gasteiger partial charge is 0.456 e. The lowest BCUT2D eigenvalue weighted by Gasteiger charge is -2.43. The number of halogens is 2. The van der Waals surface area contributed by atoms with E-state index in [0.717, 1.165) is 66.4 Å². The first kappa shape index (κ1) is 72.0. The maximum Gasteiger partial charge on any atom is 0.318 e. The van der Waals surface area contributed by atoms with Crippen LogP contribution in [0.2, 0.25) is 5.04 Å². The van der Waals surface area contributed by atoms with E-state index in [9.17, 15) is 33.1 Å². The number of nitrogens with one attached hydrogen (secondary N) is 4. The van der Waals surface area contributed by atoms with Crippen LogP contribution in [0.25, 0.3) is 67.1 Å². The van der Waals surface area contributed by atoms with Gasteiger partial charge in [-0.3, -0.25) is 9.59 Å². The lowest BCUT2D eigenvalue weighted by Crippen LogP contribution is -2.66. The van der Waals surface area contributed by atoms with Gasteiger partial charge >= 0.3 is 12.1 Å². The van der Waals surface area contributed by atoms with E-state index in [0.29, 0.717) is 53.5 Å². The van der Waals surface area contributed by atoms with Crippen LogP contribution in [0, 0.1) is 11.6 Å². The monoisotopic (exact) mass is 1420 g/mol. The van der Waals surface area contributed by atoms with Gasteiger partial charge in [0.25, 0.3) is 20.1 Å². The number of furan rings is 2. The van der Waals surface area contributed by atoms with Crippen LogP contribution in [-0.2, 0) is 30.6 Å². The molecular weight excluding hydrogens is 1340 g/mol. The number of urea groups is 2. The molecule has 6 heterocycles. The summed E-state index contributed by atoms with van der Waals surface area (Å²) in [6.45, 7) is 15.1. The number of carbonyl (C=O) groups is 4. The average molecular weight is 1420 g/mol. The number of benzene rings is 8. The van der Waals surface area contributed by atoms with Crippen LogP contribution in [0.1, 0.15) is 128 Å². The lowest BCUT2D eigenvalue weighted by molar-refractivity contribution is 0.0937. The molecule has 105 heavy (non-hydrogen) atoms. The second-order valence-electron chi connectivity index (χ2n) is 28.2. The lowest BCUT2D eigenvalue weighted by atomic mass is 9.94. The molecule has 2 aliphatic rings. The number of nitrogens with zero attached hydrogens (tertiary/aromatic N) is 4. The number of amides is 6. The Morgan fingerprint density at radius 2 is 0.914 bits per heavy atom. The van der Waals surface area contributed by atoms with E-state index in [1.165, 1.54) is 22.5 Å². The Balaban J connectivity index is 0.000000196. The summed E-state index contributed by atoms with van der Waals surface area (Å²) in [6, 6.07) is 70.9. The van der Waals surface area contributed by atoms with Gasteiger partial charge in [0.05, 0.1) is 23.5 Å². The van der Waals surface area contributed by atoms with E-state index in [-0.39, 0.29) is 73.4 Å². The fraction of sp³-hybridized carbons (Fsp3) is 0.233. The molecule has 0 saturated heterocycles. The van der Waals surface area contributed by atoms with Gasteiger partial charge in [0.15, 0.2) is 0 Å². The summed E-state index contributed by atoms with van der Waals surface area (Å²) in [6.07, 6.45) is 0.773. The van der Waals surface area contributed by atoms with Gasteiger partial charge in [-0.25, -0.2) is 28.3 Å². The minimum Gasteiger partial charge on any atom is -0.456 e. The van der Waals surface area contributed by atoms with Crippen molar-refractivity contribution in [2.75, 3.05) is 13.2 Å². The molecule has 6 amide bonds. The van der Waals surface area contributed by atoms with E-state index >= 15 is 0 Å². The van der Waals surface area contributed by atoms with Crippen LogP contribution < -0.4 is 31.6 Å². The number of para-hydroxylation sites is 2. The molecule has 2 atom stereocenters. The van der Waals surface area contributed by atoms with Gasteiger partial charge < -0.3 is 49.4 Å². The summed E-state index contributed by atoms with van der Waals surface area (Å²) < 4.78 is 48.7. The summed E-state index contributed by atoms with van der Waals surface area (Å²) in [5, 5.41) is 25.8. The van der Waals surface area contributed by atoms with Crippen LogP contribution in [0.15, 0.2) is 239 Å². The van der Waals surface area contributed by atoms with E-state index in [2.05, 4.69) is 90.6 Å². The maximum absolute atomic E-state index is 14.6. The minimum atomic E-state index is -2.91. The molecule has 14 rings (SSSR count). The summed E-state index contributed by atoms with van der Waals surface area (Å²) in [4.78, 5) is 68.3. The highest BCUT2D eigenvalue weighted by molar-refractivity contribution is 6.99. The fourth-order valence-corrected chi connectivity index (χ4v) is 19.0. The van der Waals surface area contributed by atoms with Crippen molar-refractivity contribution in [2.45, 2.75) is 117 Å². The maximum atomic E-state index is 14.6. The Morgan fingerprint density at radius 3 is 1.32 bits per heavy atom. The number of aliphatic hydroxyl groups excluding tert-OH is 1. The number of pyridine rings is 2. The molecule has 534 valence electrons. The summed E-state index contributed by atoms with van der Waals surface area (Å²) in [5.74, 6) is -0.328. The molecule has 19 heteroatoms. The zero-order valence-electron chi connectivity index (χ0n) is 59.8. The minimum absolute atomic E-state index is 0.00278. The molecule has 16 nitrogen and oxygen atoms in total. The molecule has 5 N–H and O–H groups in total. The molecule has 0 radical (unpaired) electrons. The molecule has 0 fully saturated rings. The quantitative estimate of drug-likeness (QED) is 0.0457. The molecular formula is C86H84F2N8O8Si. The zero-order chi connectivity index (χ0) is 73.5. The number of hydrogen-bond donors (Lipinski definition) is 5. The number of hydrogen-bond acceptors (Lipinski definition) is 10. The van der Waals surface area contributed by atoms with E-state index in [1.807, 2.05) is 154 Å². The van der Waals surface area contributed by atoms with Gasteiger partial charge in [-0.05, 0) is 128 Å². The van der Waals surface area contributed by atoms with Crippen LogP contribution in [-0.4, -0.2) is 82.4 Å². The van der Waals surface area contributed by atoms with Crippen molar-refractivity contribution >= 4 is 64.5 Å². The van der Waals surface area contributed by atoms with E-state index in [1.54, 1.807) is 53.4 Å². The first-order valence-electron chi connectivity index (χ1n) is 35.5. The Labute approximate surface area is 610 Å². The molecule has 0 saturated carbocycles. The van der Waals surface area contributed by atoms with Gasteiger partial charge in [0, 0.05) is 107 Å². The van der Waals surface area contributed by atoms with Crippen molar-refractivity contribution in [3.05, 3.63) is 287 Å². The summed E-state index contributed by atoms with van der Waals surface area (Å²) in [7, 11) is -2.91. The Bertz CT molecular complexity index is 5050. The van der Waals surface area contributed by atoms with Gasteiger partial charge in [-0.15, -0.1) is 0 Å². The first-order chi connectivity index (χ1) is 50.7. The SMILES string of the molecule is CC(C)NC(=O)N1Cc2cc(C(=O)NCc3ccccc3F)nc(-c3cccc(-c4cc5ccccc5o4)c3)c2[C@H]1CCO.CC(C)NC(=O)N1Cc2cc(C(=O)NCc3ccccc3F)nc(-c3cccc(-c4cc5ccccc5o4)c3)c2[C@H]1CCO[Si](c1ccccc1)(c1ccccc1)C(C)(C)C. The Kier molecular flexibility index (Phi) is 21.5. The normalized spacial score (nSPS) is 14.1. The van der Waals surface area contributed by atoms with Gasteiger partial charge in [0.1, 0.15) is 45.7 Å². The van der Waals surface area contributed by atoms with Crippen LogP contribution in [0.5, 0.6) is 0 Å². The van der Waals surface area contributed by atoms with Crippen molar-refractivity contribution < 1.29 is 46.3 Å². The third-order valence-electron chi connectivity index (χ3n) is 19.2. The van der Waals surface area contributed by atoms with Gasteiger partial charge in [0.2, 0.25) is 0 Å². The zero-order valence-corrected chi connectivity index (χ0v) is 60.8. The molecule has 12 aromatic rings. The highest BCUT2D eigenvalue weighted by atomic mass is 28.4. The number of carbonyl (C=O) groups excluding carboxylic acids is 4. The molecule has 0 bridgehead atoms. The average Bonchev–Trinajstić information content (AvgIpc) is 1.51. The number of aromatic nitrogens is 2. The van der Waals surface area contributed by atoms with Crippen LogP contribution in [0.4, 0.5) is 18.4 Å². The van der Waals surface area contributed by atoms with Crippen LogP contribution >= 0.6 is 0 Å². The predicted molar refractivity (Wildman–Crippen MR) is 409 cm³/mol. The molecule has 0 aliphatic carbocycles. The van der Waals surface area contributed by atoms with Crippen molar-refractivity contribution in [3.8, 4) is 45.2 Å². The Morgan fingerprint density at radius 1 is 0.514 bits per heavy atom. The summed E-state index contributed by atoms with van der Waals surface area (Å²) >= 11 is 0. The molecule has 2 aliphatic heterocycles. The highest BCUT2D eigenvalue weighted by Crippen LogP contribution is 2.46. The Hall–Kier alpha value is -11.4. The number of rotatable bonds is 20. The molecule has 0 unspecified atom stereocenters. The fourth-order valence-electron chi connectivity index (χ4n) is 14.4. The standard InChI is InChI=1S/C51H51FN4O4Si.C35H33FN4O4/c1-34(2)54-50(58)56-33-39-30-43(49(57)53-32-38-18-12-14-25-42(38)52)55-48(37-20-16-19-35(29-37)46-31-36-17-13-15-26-45(36)60-46)47(39)44(56)27-28-59-61(51(3,4)5,40-21-8-6-9-22-40)41-23-10-7-11-24-41;1-21(2)38-35(43)40-20-26-17-28(34(42)37-19-25-9-3-5-12-27(25)36)39-33(32(26)29(40)14-15-41)24-11-7-10-22(16-24)31-18-23-8-4-6-13-30(23)44-31/h6-26,29-31,34,44H,27-28,32-33H2,1-5H3,(H,53,57)(H,54,58);3-13,16-18,21,29,41H,14-15,19-20H2,1-2H3,(H,37,42)(H,38,43)/t44-;29-/m11/s1. The second-order valence-corrected chi connectivity index (χ2v) is 32.5. The van der Waals surface area contributed by atoms with E-state index < -0.39 is 43.8 Å².